The van der Waals surface area contributed by atoms with Gasteiger partial charge in [-0.3, -0.25) is 0 Å². The first-order valence-electron chi connectivity index (χ1n) is 8.79. The molecule has 25 heavy (non-hydrogen) atoms. The zero-order valence-electron chi connectivity index (χ0n) is 14.6. The van der Waals surface area contributed by atoms with E-state index in [1.807, 2.05) is 29.2 Å². The molecule has 1 aromatic heterocycles. The molecule has 1 atom stereocenters. The van der Waals surface area contributed by atoms with Gasteiger partial charge in [0.15, 0.2) is 0 Å². The number of hydrogen-bond acceptors (Lipinski definition) is 4. The Bertz CT molecular complexity index is 746. The maximum absolute atomic E-state index is 12.5. The van der Waals surface area contributed by atoms with Crippen molar-refractivity contribution >= 4 is 6.03 Å². The molecule has 2 aromatic rings. The van der Waals surface area contributed by atoms with Crippen molar-refractivity contribution in [3.8, 4) is 5.69 Å². The van der Waals surface area contributed by atoms with E-state index in [1.165, 1.54) is 12.7 Å². The number of nitrogens with one attached hydrogen (secondary N) is 1. The van der Waals surface area contributed by atoms with Crippen molar-refractivity contribution in [3.05, 3.63) is 42.5 Å². The van der Waals surface area contributed by atoms with Gasteiger partial charge < -0.3 is 15.1 Å². The molecule has 7 heteroatoms. The van der Waals surface area contributed by atoms with E-state index in [1.54, 1.807) is 11.0 Å². The van der Waals surface area contributed by atoms with Gasteiger partial charge in [-0.15, -0.1) is 0 Å². The smallest absolute Gasteiger partial charge is 0.317 e. The topological polar surface area (TPSA) is 66.3 Å². The fourth-order valence-corrected chi connectivity index (χ4v) is 4.04. The standard InChI is InChI=1S/C18H24N6O/c1-22-7-5-18(11-22)6-8-23(12-18)17(25)20-10-15-3-2-4-16(9-15)24-14-19-13-21-24/h2-4,9,13-14H,5-8,10-12H2,1H3,(H,20,25). The summed E-state index contributed by atoms with van der Waals surface area (Å²) < 4.78 is 1.71. The van der Waals surface area contributed by atoms with Crippen molar-refractivity contribution in [1.29, 1.82) is 0 Å². The number of amides is 2. The summed E-state index contributed by atoms with van der Waals surface area (Å²) in [5.41, 5.74) is 2.31. The van der Waals surface area contributed by atoms with E-state index in [9.17, 15) is 4.79 Å². The summed E-state index contributed by atoms with van der Waals surface area (Å²) in [6, 6.07) is 8.01. The number of rotatable bonds is 3. The molecule has 0 saturated carbocycles. The third kappa shape index (κ3) is 3.37. The Kier molecular flexibility index (Phi) is 4.17. The van der Waals surface area contributed by atoms with Crippen LogP contribution >= 0.6 is 0 Å². The molecular formula is C18H24N6O. The molecule has 3 heterocycles. The SMILES string of the molecule is CN1CCC2(CCN(C(=O)NCc3cccc(-n4cncn4)c3)C2)C1. The summed E-state index contributed by atoms with van der Waals surface area (Å²) in [6.07, 6.45) is 5.50. The van der Waals surface area contributed by atoms with Gasteiger partial charge in [-0.05, 0) is 44.1 Å². The van der Waals surface area contributed by atoms with E-state index < -0.39 is 0 Å². The first-order chi connectivity index (χ1) is 12.1. The maximum atomic E-state index is 12.5. The van der Waals surface area contributed by atoms with Gasteiger partial charge >= 0.3 is 6.03 Å². The van der Waals surface area contributed by atoms with Crippen molar-refractivity contribution in [2.45, 2.75) is 19.4 Å². The van der Waals surface area contributed by atoms with Gasteiger partial charge in [-0.1, -0.05) is 12.1 Å². The Hall–Kier alpha value is -2.41. The molecule has 132 valence electrons. The lowest BCUT2D eigenvalue weighted by molar-refractivity contribution is 0.199. The number of aromatic nitrogens is 3. The van der Waals surface area contributed by atoms with Crippen LogP contribution in [-0.2, 0) is 6.54 Å². The Balaban J connectivity index is 1.34. The second-order valence-corrected chi connectivity index (χ2v) is 7.33. The predicted octanol–water partition coefficient (Wildman–Crippen LogP) is 1.50. The van der Waals surface area contributed by atoms with E-state index in [2.05, 4.69) is 27.3 Å². The van der Waals surface area contributed by atoms with Crippen molar-refractivity contribution < 1.29 is 4.79 Å². The lowest BCUT2D eigenvalue weighted by Gasteiger charge is -2.24. The molecule has 2 aliphatic heterocycles. The van der Waals surface area contributed by atoms with Crippen LogP contribution in [0, 0.1) is 5.41 Å². The summed E-state index contributed by atoms with van der Waals surface area (Å²) >= 11 is 0. The highest BCUT2D eigenvalue weighted by Gasteiger charge is 2.43. The summed E-state index contributed by atoms with van der Waals surface area (Å²) in [5.74, 6) is 0. The molecule has 2 amide bonds. The van der Waals surface area contributed by atoms with Crippen LogP contribution in [0.2, 0.25) is 0 Å². The van der Waals surface area contributed by atoms with E-state index in [0.29, 0.717) is 12.0 Å². The highest BCUT2D eigenvalue weighted by Crippen LogP contribution is 2.38. The van der Waals surface area contributed by atoms with Gasteiger partial charge in [0.05, 0.1) is 5.69 Å². The normalized spacial score (nSPS) is 23.5. The van der Waals surface area contributed by atoms with E-state index in [-0.39, 0.29) is 6.03 Å². The molecule has 1 spiro atoms. The average Bonchev–Trinajstić information content (AvgIpc) is 3.35. The number of urea groups is 1. The zero-order valence-corrected chi connectivity index (χ0v) is 14.6. The molecular weight excluding hydrogens is 316 g/mol. The van der Waals surface area contributed by atoms with Crippen LogP contribution < -0.4 is 5.32 Å². The van der Waals surface area contributed by atoms with Crippen molar-refractivity contribution in [2.24, 2.45) is 5.41 Å². The van der Waals surface area contributed by atoms with Crippen LogP contribution in [-0.4, -0.2) is 63.8 Å². The van der Waals surface area contributed by atoms with Crippen LogP contribution in [0.3, 0.4) is 0 Å². The number of likely N-dealkylation sites (tertiary alicyclic amines) is 2. The minimum absolute atomic E-state index is 0.0394. The lowest BCUT2D eigenvalue weighted by Crippen LogP contribution is -2.40. The van der Waals surface area contributed by atoms with Crippen LogP contribution in [0.15, 0.2) is 36.9 Å². The summed E-state index contributed by atoms with van der Waals surface area (Å²) in [5, 5.41) is 7.20. The average molecular weight is 340 g/mol. The first-order valence-corrected chi connectivity index (χ1v) is 8.79. The largest absolute Gasteiger partial charge is 0.334 e. The molecule has 2 saturated heterocycles. The second-order valence-electron chi connectivity index (χ2n) is 7.33. The quantitative estimate of drug-likeness (QED) is 0.920. The molecule has 1 unspecified atom stereocenters. The fourth-order valence-electron chi connectivity index (χ4n) is 4.04. The number of nitrogens with zero attached hydrogens (tertiary/aromatic N) is 5. The minimum Gasteiger partial charge on any atom is -0.334 e. The first kappa shape index (κ1) is 16.1. The number of benzene rings is 1. The molecule has 0 aliphatic carbocycles. The van der Waals surface area contributed by atoms with Crippen LogP contribution in [0.5, 0.6) is 0 Å². The van der Waals surface area contributed by atoms with Crippen molar-refractivity contribution in [1.82, 2.24) is 29.9 Å². The Morgan fingerprint density at radius 3 is 2.92 bits per heavy atom. The van der Waals surface area contributed by atoms with E-state index >= 15 is 0 Å². The summed E-state index contributed by atoms with van der Waals surface area (Å²) in [7, 11) is 2.17. The van der Waals surface area contributed by atoms with Gasteiger partial charge in [0.25, 0.3) is 0 Å². The molecule has 4 rings (SSSR count). The molecule has 2 aliphatic rings. The summed E-state index contributed by atoms with van der Waals surface area (Å²) in [6.45, 7) is 4.51. The number of carbonyl (C=O) groups excluding carboxylic acids is 1. The molecule has 2 fully saturated rings. The Morgan fingerprint density at radius 2 is 2.16 bits per heavy atom. The van der Waals surface area contributed by atoms with Gasteiger partial charge in [0.1, 0.15) is 12.7 Å². The predicted molar refractivity (Wildman–Crippen MR) is 94.3 cm³/mol. The molecule has 1 N–H and O–H groups in total. The van der Waals surface area contributed by atoms with Crippen LogP contribution in [0.25, 0.3) is 5.69 Å². The zero-order chi connectivity index (χ0) is 17.3. The van der Waals surface area contributed by atoms with Gasteiger partial charge in [-0.2, -0.15) is 5.10 Å². The number of hydrogen-bond donors (Lipinski definition) is 1. The highest BCUT2D eigenvalue weighted by atomic mass is 16.2. The van der Waals surface area contributed by atoms with E-state index in [0.717, 1.165) is 43.9 Å². The van der Waals surface area contributed by atoms with Gasteiger partial charge in [-0.25, -0.2) is 14.5 Å². The molecule has 0 bridgehead atoms. The molecule has 1 aromatic carbocycles. The van der Waals surface area contributed by atoms with Crippen LogP contribution in [0.1, 0.15) is 18.4 Å². The Labute approximate surface area is 147 Å². The lowest BCUT2D eigenvalue weighted by atomic mass is 9.86. The fraction of sp³-hybridized carbons (Fsp3) is 0.500. The number of carbonyl (C=O) groups is 1. The second kappa shape index (κ2) is 6.48. The highest BCUT2D eigenvalue weighted by molar-refractivity contribution is 5.74. The molecule has 7 nitrogen and oxygen atoms in total. The third-order valence-electron chi connectivity index (χ3n) is 5.39. The maximum Gasteiger partial charge on any atom is 0.317 e. The van der Waals surface area contributed by atoms with E-state index in [4.69, 9.17) is 0 Å². The summed E-state index contributed by atoms with van der Waals surface area (Å²) in [4.78, 5) is 20.8. The van der Waals surface area contributed by atoms with Crippen molar-refractivity contribution in [2.75, 3.05) is 33.2 Å². The minimum atomic E-state index is 0.0394. The van der Waals surface area contributed by atoms with Gasteiger partial charge in [0, 0.05) is 31.6 Å². The van der Waals surface area contributed by atoms with Crippen molar-refractivity contribution in [3.63, 3.8) is 0 Å². The molecule has 0 radical (unpaired) electrons. The van der Waals surface area contributed by atoms with Gasteiger partial charge in [0.2, 0.25) is 0 Å². The monoisotopic (exact) mass is 340 g/mol. The Morgan fingerprint density at radius 1 is 1.28 bits per heavy atom. The van der Waals surface area contributed by atoms with Crippen LogP contribution in [0.4, 0.5) is 4.79 Å². The third-order valence-corrected chi connectivity index (χ3v) is 5.39.